The molecule has 1 N–H and O–H groups in total. The molecular formula is C24H18F3N3O2. The lowest BCUT2D eigenvalue weighted by molar-refractivity contribution is -0.137. The number of rotatable bonds is 5. The number of ether oxygens (including phenoxy) is 1. The van der Waals surface area contributed by atoms with Gasteiger partial charge in [-0.15, -0.1) is 0 Å². The summed E-state index contributed by atoms with van der Waals surface area (Å²) < 4.78 is 44.9. The van der Waals surface area contributed by atoms with Crippen molar-refractivity contribution < 1.29 is 22.7 Å². The lowest BCUT2D eigenvalue weighted by Gasteiger charge is -2.09. The van der Waals surface area contributed by atoms with Gasteiger partial charge in [0.15, 0.2) is 0 Å². The number of nitrogens with one attached hydrogen (secondary N) is 1. The summed E-state index contributed by atoms with van der Waals surface area (Å²) in [4.78, 5) is 12.3. The second-order valence-corrected chi connectivity index (χ2v) is 6.98. The predicted octanol–water partition coefficient (Wildman–Crippen LogP) is 5.82. The molecule has 8 heteroatoms. The van der Waals surface area contributed by atoms with Crippen LogP contribution in [-0.2, 0) is 6.18 Å². The Bertz CT molecular complexity index is 1210. The number of hydrogen-bond acceptors (Lipinski definition) is 3. The lowest BCUT2D eigenvalue weighted by Crippen LogP contribution is -2.13. The molecule has 0 aliphatic carbocycles. The Kier molecular flexibility index (Phi) is 5.68. The van der Waals surface area contributed by atoms with Crippen molar-refractivity contribution in [3.05, 3.63) is 96.3 Å². The number of halogens is 3. The first kappa shape index (κ1) is 21.2. The van der Waals surface area contributed by atoms with E-state index in [-0.39, 0.29) is 5.56 Å². The third-order valence-corrected chi connectivity index (χ3v) is 4.87. The number of anilines is 1. The average Bonchev–Trinajstić information content (AvgIpc) is 3.29. The number of nitrogens with zero attached hydrogens (tertiary/aromatic N) is 2. The summed E-state index contributed by atoms with van der Waals surface area (Å²) in [5.41, 5.74) is 2.58. The van der Waals surface area contributed by atoms with Gasteiger partial charge in [-0.05, 0) is 66.2 Å². The Morgan fingerprint density at radius 2 is 1.56 bits per heavy atom. The Morgan fingerprint density at radius 3 is 2.16 bits per heavy atom. The van der Waals surface area contributed by atoms with Crippen molar-refractivity contribution in [3.8, 4) is 22.6 Å². The molecule has 1 heterocycles. The summed E-state index contributed by atoms with van der Waals surface area (Å²) in [6, 6.07) is 18.7. The van der Waals surface area contributed by atoms with Gasteiger partial charge in [0.25, 0.3) is 5.91 Å². The molecule has 0 saturated heterocycles. The molecular weight excluding hydrogens is 419 g/mol. The SMILES string of the molecule is COc1ccc(-c2cnn(-c3ccc(NC(=O)c4ccc(C(F)(F)F)cc4)cc3)c2)cc1. The molecule has 0 atom stereocenters. The Hall–Kier alpha value is -4.07. The molecule has 1 amide bonds. The molecule has 1 aromatic heterocycles. The van der Waals surface area contributed by atoms with Crippen LogP contribution >= 0.6 is 0 Å². The van der Waals surface area contributed by atoms with E-state index in [1.165, 1.54) is 0 Å². The molecule has 162 valence electrons. The maximum Gasteiger partial charge on any atom is 0.416 e. The van der Waals surface area contributed by atoms with Crippen molar-refractivity contribution in [1.82, 2.24) is 9.78 Å². The molecule has 0 radical (unpaired) electrons. The molecule has 32 heavy (non-hydrogen) atoms. The summed E-state index contributed by atoms with van der Waals surface area (Å²) in [7, 11) is 1.61. The van der Waals surface area contributed by atoms with Crippen LogP contribution in [0, 0.1) is 0 Å². The molecule has 4 rings (SSSR count). The van der Waals surface area contributed by atoms with E-state index in [2.05, 4.69) is 10.4 Å². The van der Waals surface area contributed by atoms with Crippen LogP contribution < -0.4 is 10.1 Å². The smallest absolute Gasteiger partial charge is 0.416 e. The zero-order valence-corrected chi connectivity index (χ0v) is 16.9. The van der Waals surface area contributed by atoms with Gasteiger partial charge in [-0.25, -0.2) is 4.68 Å². The molecule has 4 aromatic rings. The fourth-order valence-electron chi connectivity index (χ4n) is 3.11. The number of benzene rings is 3. The number of methoxy groups -OCH3 is 1. The van der Waals surface area contributed by atoms with Gasteiger partial charge in [0.2, 0.25) is 0 Å². The Labute approximate surface area is 182 Å². The van der Waals surface area contributed by atoms with Crippen LogP contribution in [0.5, 0.6) is 5.75 Å². The van der Waals surface area contributed by atoms with E-state index in [9.17, 15) is 18.0 Å². The Morgan fingerprint density at radius 1 is 0.906 bits per heavy atom. The third kappa shape index (κ3) is 4.64. The highest BCUT2D eigenvalue weighted by molar-refractivity contribution is 6.04. The van der Waals surface area contributed by atoms with Gasteiger partial charge in [-0.1, -0.05) is 12.1 Å². The predicted molar refractivity (Wildman–Crippen MR) is 115 cm³/mol. The molecule has 0 unspecified atom stereocenters. The number of carbonyl (C=O) groups is 1. The van der Waals surface area contributed by atoms with E-state index in [0.717, 1.165) is 46.8 Å². The van der Waals surface area contributed by atoms with E-state index < -0.39 is 17.6 Å². The van der Waals surface area contributed by atoms with Gasteiger partial charge in [0.1, 0.15) is 5.75 Å². The number of carbonyl (C=O) groups excluding carboxylic acids is 1. The largest absolute Gasteiger partial charge is 0.497 e. The van der Waals surface area contributed by atoms with E-state index in [1.807, 2.05) is 30.5 Å². The fourth-order valence-corrected chi connectivity index (χ4v) is 3.11. The zero-order valence-electron chi connectivity index (χ0n) is 16.9. The normalized spacial score (nSPS) is 11.2. The van der Waals surface area contributed by atoms with Gasteiger partial charge in [-0.3, -0.25) is 4.79 Å². The average molecular weight is 437 g/mol. The van der Waals surface area contributed by atoms with Crippen LogP contribution in [-0.4, -0.2) is 22.8 Å². The molecule has 0 bridgehead atoms. The zero-order chi connectivity index (χ0) is 22.7. The fraction of sp³-hybridized carbons (Fsp3) is 0.0833. The number of amides is 1. The van der Waals surface area contributed by atoms with Gasteiger partial charge in [0, 0.05) is 23.0 Å². The standard InChI is InChI=1S/C24H18F3N3O2/c1-32-22-12-4-16(5-13-22)18-14-28-30(15-18)21-10-8-20(9-11-21)29-23(31)17-2-6-19(7-3-17)24(25,26)27/h2-15H,1H3,(H,29,31). The molecule has 0 saturated carbocycles. The minimum Gasteiger partial charge on any atom is -0.497 e. The van der Waals surface area contributed by atoms with Crippen LogP contribution in [0.2, 0.25) is 0 Å². The first-order valence-electron chi connectivity index (χ1n) is 9.61. The van der Waals surface area contributed by atoms with Gasteiger partial charge in [0.05, 0.1) is 24.6 Å². The molecule has 0 aliphatic rings. The minimum absolute atomic E-state index is 0.137. The van der Waals surface area contributed by atoms with Crippen molar-refractivity contribution >= 4 is 11.6 Å². The van der Waals surface area contributed by atoms with Crippen LogP contribution in [0.4, 0.5) is 18.9 Å². The quantitative estimate of drug-likeness (QED) is 0.428. The second-order valence-electron chi connectivity index (χ2n) is 6.98. The number of hydrogen-bond donors (Lipinski definition) is 1. The maximum atomic E-state index is 12.7. The van der Waals surface area contributed by atoms with E-state index in [4.69, 9.17) is 4.74 Å². The summed E-state index contributed by atoms with van der Waals surface area (Å²) in [5, 5.41) is 7.05. The van der Waals surface area contributed by atoms with Crippen molar-refractivity contribution in [3.63, 3.8) is 0 Å². The summed E-state index contributed by atoms with van der Waals surface area (Å²) >= 11 is 0. The van der Waals surface area contributed by atoms with Crippen LogP contribution in [0.15, 0.2) is 85.2 Å². The molecule has 0 spiro atoms. The summed E-state index contributed by atoms with van der Waals surface area (Å²) in [6.45, 7) is 0. The molecule has 3 aromatic carbocycles. The molecule has 0 fully saturated rings. The monoisotopic (exact) mass is 437 g/mol. The summed E-state index contributed by atoms with van der Waals surface area (Å²) in [6.07, 6.45) is -0.801. The first-order valence-corrected chi connectivity index (χ1v) is 9.61. The van der Waals surface area contributed by atoms with E-state index >= 15 is 0 Å². The van der Waals surface area contributed by atoms with Gasteiger partial charge >= 0.3 is 6.18 Å². The minimum atomic E-state index is -4.44. The van der Waals surface area contributed by atoms with Crippen molar-refractivity contribution in [1.29, 1.82) is 0 Å². The van der Waals surface area contributed by atoms with Crippen LogP contribution in [0.3, 0.4) is 0 Å². The lowest BCUT2D eigenvalue weighted by atomic mass is 10.1. The van der Waals surface area contributed by atoms with Crippen molar-refractivity contribution in [2.75, 3.05) is 12.4 Å². The highest BCUT2D eigenvalue weighted by Gasteiger charge is 2.30. The molecule has 5 nitrogen and oxygen atoms in total. The van der Waals surface area contributed by atoms with Crippen molar-refractivity contribution in [2.45, 2.75) is 6.18 Å². The van der Waals surface area contributed by atoms with Crippen LogP contribution in [0.1, 0.15) is 15.9 Å². The van der Waals surface area contributed by atoms with E-state index in [1.54, 1.807) is 42.3 Å². The third-order valence-electron chi connectivity index (χ3n) is 4.87. The highest BCUT2D eigenvalue weighted by atomic mass is 19.4. The van der Waals surface area contributed by atoms with Gasteiger partial charge < -0.3 is 10.1 Å². The first-order chi connectivity index (χ1) is 15.3. The maximum absolute atomic E-state index is 12.7. The van der Waals surface area contributed by atoms with Crippen LogP contribution in [0.25, 0.3) is 16.8 Å². The summed E-state index contributed by atoms with van der Waals surface area (Å²) in [5.74, 6) is 0.280. The second kappa shape index (κ2) is 8.58. The molecule has 0 aliphatic heterocycles. The number of alkyl halides is 3. The van der Waals surface area contributed by atoms with Gasteiger partial charge in [-0.2, -0.15) is 18.3 Å². The highest BCUT2D eigenvalue weighted by Crippen LogP contribution is 2.29. The van der Waals surface area contributed by atoms with E-state index in [0.29, 0.717) is 5.69 Å². The Balaban J connectivity index is 1.44. The number of aromatic nitrogens is 2. The van der Waals surface area contributed by atoms with Crippen molar-refractivity contribution in [2.24, 2.45) is 0 Å². The topological polar surface area (TPSA) is 56.1 Å².